The number of halogens is 1. The van der Waals surface area contributed by atoms with E-state index in [1.807, 2.05) is 13.1 Å². The van der Waals surface area contributed by atoms with E-state index in [2.05, 4.69) is 15.5 Å². The fourth-order valence-corrected chi connectivity index (χ4v) is 1.48. The highest BCUT2D eigenvalue weighted by molar-refractivity contribution is 6.30. The van der Waals surface area contributed by atoms with Crippen molar-refractivity contribution in [2.24, 2.45) is 0 Å². The van der Waals surface area contributed by atoms with Gasteiger partial charge in [-0.25, -0.2) is 0 Å². The van der Waals surface area contributed by atoms with Crippen LogP contribution in [-0.2, 0) is 13.2 Å². The summed E-state index contributed by atoms with van der Waals surface area (Å²) in [4.78, 5) is 3.92. The van der Waals surface area contributed by atoms with Gasteiger partial charge < -0.3 is 14.6 Å². The lowest BCUT2D eigenvalue weighted by Gasteiger charge is -2.02. The molecule has 0 aliphatic heterocycles. The molecule has 90 valence electrons. The van der Waals surface area contributed by atoms with Crippen molar-refractivity contribution in [2.45, 2.75) is 13.2 Å². The molecule has 0 spiro atoms. The molecule has 0 atom stereocenters. The van der Waals surface area contributed by atoms with Gasteiger partial charge in [-0.1, -0.05) is 16.8 Å². The summed E-state index contributed by atoms with van der Waals surface area (Å²) in [5, 5.41) is 7.40. The maximum Gasteiger partial charge on any atom is 0.174 e. The second-order valence-corrected chi connectivity index (χ2v) is 3.88. The van der Waals surface area contributed by atoms with E-state index in [0.717, 1.165) is 5.69 Å². The van der Waals surface area contributed by atoms with E-state index in [1.165, 1.54) is 0 Å². The Balaban J connectivity index is 1.93. The number of nitrogens with one attached hydrogen (secondary N) is 1. The van der Waals surface area contributed by atoms with Gasteiger partial charge in [0.05, 0.1) is 16.9 Å². The first-order chi connectivity index (χ1) is 8.28. The molecule has 0 bridgehead atoms. The van der Waals surface area contributed by atoms with Gasteiger partial charge in [-0.15, -0.1) is 0 Å². The quantitative estimate of drug-likeness (QED) is 0.883. The average Bonchev–Trinajstić information content (AvgIpc) is 2.75. The van der Waals surface area contributed by atoms with Crippen LogP contribution in [0, 0.1) is 0 Å². The molecule has 0 radical (unpaired) electrons. The van der Waals surface area contributed by atoms with Crippen LogP contribution >= 0.6 is 11.6 Å². The molecule has 0 fully saturated rings. The summed E-state index contributed by atoms with van der Waals surface area (Å²) < 4.78 is 10.6. The van der Waals surface area contributed by atoms with Crippen molar-refractivity contribution in [1.82, 2.24) is 15.5 Å². The fourth-order valence-electron chi connectivity index (χ4n) is 1.31. The van der Waals surface area contributed by atoms with Crippen LogP contribution in [-0.4, -0.2) is 17.2 Å². The third-order valence-electron chi connectivity index (χ3n) is 2.03. The van der Waals surface area contributed by atoms with Gasteiger partial charge in [0, 0.05) is 24.9 Å². The molecule has 17 heavy (non-hydrogen) atoms. The normalized spacial score (nSPS) is 10.5. The predicted octanol–water partition coefficient (Wildman–Crippen LogP) is 2.02. The number of aromatic nitrogens is 2. The molecule has 2 aromatic heterocycles. The van der Waals surface area contributed by atoms with Crippen LogP contribution in [0.1, 0.15) is 11.5 Å². The third kappa shape index (κ3) is 3.44. The Morgan fingerprint density at radius 2 is 2.29 bits per heavy atom. The van der Waals surface area contributed by atoms with Crippen LogP contribution < -0.4 is 10.1 Å². The first kappa shape index (κ1) is 11.9. The number of rotatable bonds is 5. The summed E-state index contributed by atoms with van der Waals surface area (Å²) in [7, 11) is 1.85. The minimum atomic E-state index is 0.304. The molecular weight excluding hydrogens is 242 g/mol. The van der Waals surface area contributed by atoms with Gasteiger partial charge in [-0.2, -0.15) is 0 Å². The maximum atomic E-state index is 5.79. The van der Waals surface area contributed by atoms with E-state index in [4.69, 9.17) is 20.9 Å². The number of pyridine rings is 1. The smallest absolute Gasteiger partial charge is 0.174 e. The number of hydrogen-bond donors (Lipinski definition) is 1. The van der Waals surface area contributed by atoms with Crippen molar-refractivity contribution in [1.29, 1.82) is 0 Å². The number of hydrogen-bond acceptors (Lipinski definition) is 5. The SMILES string of the molecule is CNCc1cc(COc2cncc(Cl)c2)on1. The summed E-state index contributed by atoms with van der Waals surface area (Å²) in [6.45, 7) is 0.973. The average molecular weight is 254 g/mol. The minimum Gasteiger partial charge on any atom is -0.484 e. The van der Waals surface area contributed by atoms with Crippen molar-refractivity contribution in [2.75, 3.05) is 7.05 Å². The van der Waals surface area contributed by atoms with E-state index in [-0.39, 0.29) is 0 Å². The first-order valence-corrected chi connectivity index (χ1v) is 5.48. The van der Waals surface area contributed by atoms with Crippen molar-refractivity contribution < 1.29 is 9.26 Å². The Morgan fingerprint density at radius 1 is 1.41 bits per heavy atom. The summed E-state index contributed by atoms with van der Waals surface area (Å²) in [6, 6.07) is 3.54. The van der Waals surface area contributed by atoms with Crippen molar-refractivity contribution in [3.05, 3.63) is 41.0 Å². The van der Waals surface area contributed by atoms with Gasteiger partial charge in [0.25, 0.3) is 0 Å². The van der Waals surface area contributed by atoms with Gasteiger partial charge in [-0.05, 0) is 7.05 Å². The summed E-state index contributed by atoms with van der Waals surface area (Å²) in [5.41, 5.74) is 0.843. The van der Waals surface area contributed by atoms with Crippen LogP contribution in [0.25, 0.3) is 0 Å². The van der Waals surface area contributed by atoms with E-state index in [1.54, 1.807) is 18.5 Å². The standard InChI is InChI=1S/C11H12ClN3O2/c1-13-5-9-3-11(17-15-9)7-16-10-2-8(12)4-14-6-10/h2-4,6,13H,5,7H2,1H3. The minimum absolute atomic E-state index is 0.304. The van der Waals surface area contributed by atoms with E-state index < -0.39 is 0 Å². The first-order valence-electron chi connectivity index (χ1n) is 5.10. The second kappa shape index (κ2) is 5.65. The van der Waals surface area contributed by atoms with E-state index >= 15 is 0 Å². The molecule has 0 amide bonds. The third-order valence-corrected chi connectivity index (χ3v) is 2.23. The Hall–Kier alpha value is -1.59. The lowest BCUT2D eigenvalue weighted by Crippen LogP contribution is -2.04. The highest BCUT2D eigenvalue weighted by Crippen LogP contribution is 2.16. The largest absolute Gasteiger partial charge is 0.484 e. The zero-order valence-electron chi connectivity index (χ0n) is 9.31. The zero-order chi connectivity index (χ0) is 12.1. The molecule has 1 N–H and O–H groups in total. The lowest BCUT2D eigenvalue weighted by molar-refractivity contribution is 0.247. The van der Waals surface area contributed by atoms with Crippen LogP contribution in [0.3, 0.4) is 0 Å². The molecule has 0 saturated heterocycles. The van der Waals surface area contributed by atoms with Crippen LogP contribution in [0.5, 0.6) is 5.75 Å². The van der Waals surface area contributed by atoms with Gasteiger partial charge in [-0.3, -0.25) is 4.98 Å². The number of ether oxygens (including phenoxy) is 1. The maximum absolute atomic E-state index is 5.79. The molecular formula is C11H12ClN3O2. The highest BCUT2D eigenvalue weighted by atomic mass is 35.5. The topological polar surface area (TPSA) is 60.2 Å². The molecule has 5 nitrogen and oxygen atoms in total. The van der Waals surface area contributed by atoms with Gasteiger partial charge in [0.2, 0.25) is 0 Å². The molecule has 2 aromatic rings. The molecule has 2 rings (SSSR count). The zero-order valence-corrected chi connectivity index (χ0v) is 10.1. The van der Waals surface area contributed by atoms with Crippen LogP contribution in [0.15, 0.2) is 29.0 Å². The van der Waals surface area contributed by atoms with Crippen molar-refractivity contribution in [3.8, 4) is 5.75 Å². The molecule has 6 heteroatoms. The Bertz CT molecular complexity index is 487. The van der Waals surface area contributed by atoms with Gasteiger partial charge >= 0.3 is 0 Å². The van der Waals surface area contributed by atoms with Crippen LogP contribution in [0.4, 0.5) is 0 Å². The summed E-state index contributed by atoms with van der Waals surface area (Å²) in [6.07, 6.45) is 3.14. The van der Waals surface area contributed by atoms with Gasteiger partial charge in [0.1, 0.15) is 12.4 Å². The lowest BCUT2D eigenvalue weighted by atomic mass is 10.3. The predicted molar refractivity (Wildman–Crippen MR) is 62.8 cm³/mol. The van der Waals surface area contributed by atoms with Crippen molar-refractivity contribution in [3.63, 3.8) is 0 Å². The van der Waals surface area contributed by atoms with Crippen molar-refractivity contribution >= 4 is 11.6 Å². The van der Waals surface area contributed by atoms with E-state index in [0.29, 0.717) is 29.7 Å². The van der Waals surface area contributed by atoms with E-state index in [9.17, 15) is 0 Å². The molecule has 0 aliphatic carbocycles. The van der Waals surface area contributed by atoms with Crippen LogP contribution in [0.2, 0.25) is 5.02 Å². The molecule has 0 saturated carbocycles. The van der Waals surface area contributed by atoms with Gasteiger partial charge in [0.15, 0.2) is 5.76 Å². The molecule has 0 aromatic carbocycles. The number of nitrogens with zero attached hydrogens (tertiary/aromatic N) is 2. The fraction of sp³-hybridized carbons (Fsp3) is 0.273. The molecule has 0 aliphatic rings. The summed E-state index contributed by atoms with van der Waals surface area (Å²) in [5.74, 6) is 1.26. The Morgan fingerprint density at radius 3 is 3.06 bits per heavy atom. The Kier molecular flexibility index (Phi) is 3.95. The molecule has 0 unspecified atom stereocenters. The molecule has 2 heterocycles. The summed E-state index contributed by atoms with van der Waals surface area (Å²) >= 11 is 5.79. The monoisotopic (exact) mass is 253 g/mol. The Labute approximate surface area is 104 Å². The highest BCUT2D eigenvalue weighted by Gasteiger charge is 2.04. The second-order valence-electron chi connectivity index (χ2n) is 3.44.